The molecule has 0 heterocycles. The number of hydrogen-bond acceptors (Lipinski definition) is 3. The van der Waals surface area contributed by atoms with Crippen LogP contribution in [0.15, 0.2) is 42.5 Å². The number of esters is 1. The highest BCUT2D eigenvalue weighted by Crippen LogP contribution is 2.18. The first-order valence-corrected chi connectivity index (χ1v) is 6.01. The van der Waals surface area contributed by atoms with Gasteiger partial charge in [-0.15, -0.1) is 0 Å². The molecule has 0 atom stereocenters. The van der Waals surface area contributed by atoms with Gasteiger partial charge in [0, 0.05) is 0 Å². The Morgan fingerprint density at radius 2 is 1.84 bits per heavy atom. The van der Waals surface area contributed by atoms with E-state index in [2.05, 4.69) is 10.1 Å². The van der Waals surface area contributed by atoms with Crippen molar-refractivity contribution < 1.29 is 14.3 Å². The summed E-state index contributed by atoms with van der Waals surface area (Å²) in [5.74, 6) is -0.645. The Balaban J connectivity index is 2.09. The average molecular weight is 257 g/mol. The summed E-state index contributed by atoms with van der Waals surface area (Å²) in [5.41, 5.74) is 0.945. The Morgan fingerprint density at radius 1 is 1.11 bits per heavy atom. The van der Waals surface area contributed by atoms with Gasteiger partial charge in [0.15, 0.2) is 0 Å². The van der Waals surface area contributed by atoms with Gasteiger partial charge in [0.25, 0.3) is 0 Å². The number of fused-ring (bicyclic) bond motifs is 1. The smallest absolute Gasteiger partial charge is 0.325 e. The molecule has 0 spiro atoms. The van der Waals surface area contributed by atoms with Crippen molar-refractivity contribution in [2.24, 2.45) is 0 Å². The van der Waals surface area contributed by atoms with Gasteiger partial charge in [-0.05, 0) is 16.3 Å². The zero-order chi connectivity index (χ0) is 13.7. The molecule has 0 bridgehead atoms. The SMILES string of the molecule is COC(=O)CNC(=O)Cc1cccc2ccccc12. The molecule has 4 nitrogen and oxygen atoms in total. The first kappa shape index (κ1) is 13.1. The Kier molecular flexibility index (Phi) is 4.13. The maximum atomic E-state index is 11.8. The number of amides is 1. The summed E-state index contributed by atoms with van der Waals surface area (Å²) in [7, 11) is 1.29. The molecule has 1 amide bonds. The fourth-order valence-electron chi connectivity index (χ4n) is 1.93. The molecule has 0 aliphatic rings. The molecule has 0 aliphatic carbocycles. The molecule has 1 N–H and O–H groups in total. The summed E-state index contributed by atoms with van der Waals surface area (Å²) in [5, 5.41) is 4.68. The molecule has 0 aromatic heterocycles. The molecule has 0 saturated heterocycles. The normalized spacial score (nSPS) is 10.2. The second-order valence-corrected chi connectivity index (χ2v) is 4.17. The molecule has 2 aromatic rings. The summed E-state index contributed by atoms with van der Waals surface area (Å²) < 4.78 is 4.47. The van der Waals surface area contributed by atoms with Gasteiger partial charge in [-0.3, -0.25) is 9.59 Å². The van der Waals surface area contributed by atoms with Crippen LogP contribution >= 0.6 is 0 Å². The van der Waals surface area contributed by atoms with E-state index in [0.717, 1.165) is 16.3 Å². The average Bonchev–Trinajstić information content (AvgIpc) is 2.45. The summed E-state index contributed by atoms with van der Waals surface area (Å²) in [4.78, 5) is 22.7. The number of carbonyl (C=O) groups excluding carboxylic acids is 2. The molecular formula is C15H15NO3. The van der Waals surface area contributed by atoms with E-state index in [4.69, 9.17) is 0 Å². The first-order valence-electron chi connectivity index (χ1n) is 6.01. The molecule has 0 radical (unpaired) electrons. The molecule has 98 valence electrons. The van der Waals surface area contributed by atoms with Gasteiger partial charge >= 0.3 is 5.97 Å². The number of ether oxygens (including phenoxy) is 1. The van der Waals surface area contributed by atoms with Crippen LogP contribution in [0.5, 0.6) is 0 Å². The molecule has 0 unspecified atom stereocenters. The minimum absolute atomic E-state index is 0.0971. The molecule has 0 saturated carbocycles. The lowest BCUT2D eigenvalue weighted by Gasteiger charge is -2.07. The van der Waals surface area contributed by atoms with Gasteiger partial charge in [-0.2, -0.15) is 0 Å². The van der Waals surface area contributed by atoms with E-state index in [0.29, 0.717) is 0 Å². The van der Waals surface area contributed by atoms with Crippen molar-refractivity contribution in [3.8, 4) is 0 Å². The molecular weight excluding hydrogens is 242 g/mol. The molecule has 2 rings (SSSR count). The van der Waals surface area contributed by atoms with Crippen LogP contribution < -0.4 is 5.32 Å². The highest BCUT2D eigenvalue weighted by Gasteiger charge is 2.08. The predicted molar refractivity (Wildman–Crippen MR) is 72.7 cm³/mol. The number of nitrogens with one attached hydrogen (secondary N) is 1. The number of carbonyl (C=O) groups is 2. The fourth-order valence-corrected chi connectivity index (χ4v) is 1.93. The minimum Gasteiger partial charge on any atom is -0.468 e. The topological polar surface area (TPSA) is 55.4 Å². The van der Waals surface area contributed by atoms with Crippen LogP contribution in [-0.2, 0) is 20.7 Å². The Hall–Kier alpha value is -2.36. The molecule has 4 heteroatoms. The Bertz CT molecular complexity index is 602. The van der Waals surface area contributed by atoms with E-state index in [1.54, 1.807) is 0 Å². The lowest BCUT2D eigenvalue weighted by molar-refractivity contribution is -0.141. The maximum absolute atomic E-state index is 11.8. The van der Waals surface area contributed by atoms with Crippen LogP contribution in [0.1, 0.15) is 5.56 Å². The van der Waals surface area contributed by atoms with Gasteiger partial charge in [0.2, 0.25) is 5.91 Å². The van der Waals surface area contributed by atoms with Crippen LogP contribution in [0.25, 0.3) is 10.8 Å². The Morgan fingerprint density at radius 3 is 2.63 bits per heavy atom. The number of methoxy groups -OCH3 is 1. The van der Waals surface area contributed by atoms with Crippen LogP contribution in [-0.4, -0.2) is 25.5 Å². The van der Waals surface area contributed by atoms with Crippen LogP contribution in [0, 0.1) is 0 Å². The van der Waals surface area contributed by atoms with E-state index in [-0.39, 0.29) is 18.9 Å². The van der Waals surface area contributed by atoms with Crippen molar-refractivity contribution in [2.75, 3.05) is 13.7 Å². The predicted octanol–water partition coefficient (Wildman–Crippen LogP) is 1.67. The van der Waals surface area contributed by atoms with E-state index in [9.17, 15) is 9.59 Å². The standard InChI is InChI=1S/C15H15NO3/c1-19-15(18)10-16-14(17)9-12-7-4-6-11-5-2-3-8-13(11)12/h2-8H,9-10H2,1H3,(H,16,17). The van der Waals surface area contributed by atoms with Crippen molar-refractivity contribution >= 4 is 22.6 Å². The maximum Gasteiger partial charge on any atom is 0.325 e. The third kappa shape index (κ3) is 3.31. The van der Waals surface area contributed by atoms with Gasteiger partial charge in [0.05, 0.1) is 13.5 Å². The molecule has 19 heavy (non-hydrogen) atoms. The zero-order valence-corrected chi connectivity index (χ0v) is 10.7. The van der Waals surface area contributed by atoms with Gasteiger partial charge in [-0.25, -0.2) is 0 Å². The van der Waals surface area contributed by atoms with Crippen LogP contribution in [0.3, 0.4) is 0 Å². The van der Waals surface area contributed by atoms with E-state index >= 15 is 0 Å². The Labute approximate surface area is 111 Å². The molecule has 0 aliphatic heterocycles. The lowest BCUT2D eigenvalue weighted by atomic mass is 10.0. The monoisotopic (exact) mass is 257 g/mol. The third-order valence-electron chi connectivity index (χ3n) is 2.89. The molecule has 0 fully saturated rings. The van der Waals surface area contributed by atoms with E-state index < -0.39 is 5.97 Å². The third-order valence-corrected chi connectivity index (χ3v) is 2.89. The van der Waals surface area contributed by atoms with Crippen molar-refractivity contribution in [1.82, 2.24) is 5.32 Å². The number of hydrogen-bond donors (Lipinski definition) is 1. The van der Waals surface area contributed by atoms with E-state index in [1.807, 2.05) is 42.5 Å². The zero-order valence-electron chi connectivity index (χ0n) is 10.7. The number of rotatable bonds is 4. The van der Waals surface area contributed by atoms with Gasteiger partial charge < -0.3 is 10.1 Å². The van der Waals surface area contributed by atoms with Crippen LogP contribution in [0.4, 0.5) is 0 Å². The largest absolute Gasteiger partial charge is 0.468 e. The second kappa shape index (κ2) is 6.00. The highest BCUT2D eigenvalue weighted by molar-refractivity contribution is 5.91. The number of benzene rings is 2. The van der Waals surface area contributed by atoms with Crippen molar-refractivity contribution in [2.45, 2.75) is 6.42 Å². The van der Waals surface area contributed by atoms with Crippen molar-refractivity contribution in [3.05, 3.63) is 48.0 Å². The van der Waals surface area contributed by atoms with Gasteiger partial charge in [0.1, 0.15) is 6.54 Å². The van der Waals surface area contributed by atoms with Crippen molar-refractivity contribution in [3.63, 3.8) is 0 Å². The summed E-state index contributed by atoms with van der Waals surface area (Å²) in [6, 6.07) is 13.7. The lowest BCUT2D eigenvalue weighted by Crippen LogP contribution is -2.31. The summed E-state index contributed by atoms with van der Waals surface area (Å²) in [6.45, 7) is -0.0971. The van der Waals surface area contributed by atoms with Crippen molar-refractivity contribution in [1.29, 1.82) is 0 Å². The quantitative estimate of drug-likeness (QED) is 0.848. The second-order valence-electron chi connectivity index (χ2n) is 4.17. The summed E-state index contributed by atoms with van der Waals surface area (Å²) >= 11 is 0. The van der Waals surface area contributed by atoms with Gasteiger partial charge in [-0.1, -0.05) is 42.5 Å². The molecule has 2 aromatic carbocycles. The van der Waals surface area contributed by atoms with E-state index in [1.165, 1.54) is 7.11 Å². The minimum atomic E-state index is -0.453. The summed E-state index contributed by atoms with van der Waals surface area (Å²) in [6.07, 6.45) is 0.248. The van der Waals surface area contributed by atoms with Crippen LogP contribution in [0.2, 0.25) is 0 Å². The fraction of sp³-hybridized carbons (Fsp3) is 0.200. The highest BCUT2D eigenvalue weighted by atomic mass is 16.5. The first-order chi connectivity index (χ1) is 9.20.